The molecule has 40 heavy (non-hydrogen) atoms. The van der Waals surface area contributed by atoms with Crippen LogP contribution < -0.4 is 15.7 Å². The van der Waals surface area contributed by atoms with Gasteiger partial charge < -0.3 is 34.3 Å². The minimum Gasteiger partial charge on any atom is -0.486 e. The maximum atomic E-state index is 14.1. The second-order valence-electron chi connectivity index (χ2n) is 10.3. The Bertz CT molecular complexity index is 1530. The number of hydrogen-bond acceptors (Lipinski definition) is 8. The molecule has 1 aromatic heterocycles. The zero-order chi connectivity index (χ0) is 27.8. The number of hydrogen-bond donors (Lipinski definition) is 3. The predicted octanol–water partition coefficient (Wildman–Crippen LogP) is 1.74. The topological polar surface area (TPSA) is 139 Å². The molecule has 3 aliphatic rings. The Morgan fingerprint density at radius 3 is 2.70 bits per heavy atom. The van der Waals surface area contributed by atoms with Crippen molar-refractivity contribution in [2.75, 3.05) is 26.3 Å². The van der Waals surface area contributed by atoms with Gasteiger partial charge in [-0.25, -0.2) is 4.79 Å². The van der Waals surface area contributed by atoms with Crippen molar-refractivity contribution in [3.8, 4) is 5.75 Å². The van der Waals surface area contributed by atoms with Crippen molar-refractivity contribution in [2.24, 2.45) is 0 Å². The Hall–Kier alpha value is -3.99. The number of aliphatic hydroxyl groups excluding tert-OH is 2. The Kier molecular flexibility index (Phi) is 7.14. The van der Waals surface area contributed by atoms with E-state index >= 15 is 0 Å². The first-order valence-electron chi connectivity index (χ1n) is 13.5. The molecule has 5 atom stereocenters. The standard InChI is InChI=1S/C30H30N2O8/c33-12-11-31-28(35)20-15-22(26(34)27-25(20)19-8-2-4-10-24(19)39-27)32(16-18-7-5-13-38-18)29(36)21-14-17-6-1-3-9-23(17)40-30(21)37/h1-4,6,8-10,14-15,18,22,25-27,33-34H,5,7,11-13,16H2,(H,31,35)/t18-,22+,25-,26-,27-/m0/s1. The van der Waals surface area contributed by atoms with E-state index in [1.54, 1.807) is 36.4 Å². The predicted molar refractivity (Wildman–Crippen MR) is 144 cm³/mol. The lowest BCUT2D eigenvalue weighted by Gasteiger charge is -2.41. The molecule has 2 amide bonds. The quantitative estimate of drug-likeness (QED) is 0.381. The lowest BCUT2D eigenvalue weighted by molar-refractivity contribution is -0.118. The van der Waals surface area contributed by atoms with E-state index in [-0.39, 0.29) is 31.4 Å². The number of benzene rings is 2. The number of rotatable bonds is 7. The SMILES string of the molecule is O=C(NCCO)C1=C[C@@H](N(C[C@@H]2CCCO2)C(=O)c2cc3ccccc3oc2=O)[C@H](O)[C@H]2Oc3ccccc3[C@@H]12. The molecule has 1 saturated heterocycles. The Labute approximate surface area is 229 Å². The molecular formula is C30H30N2O8. The summed E-state index contributed by atoms with van der Waals surface area (Å²) < 4.78 is 17.4. The molecule has 208 valence electrons. The van der Waals surface area contributed by atoms with Gasteiger partial charge >= 0.3 is 5.63 Å². The van der Waals surface area contributed by atoms with Crippen molar-refractivity contribution in [1.82, 2.24) is 10.2 Å². The average molecular weight is 547 g/mol. The highest BCUT2D eigenvalue weighted by molar-refractivity contribution is 5.98. The van der Waals surface area contributed by atoms with Crippen LogP contribution in [0.15, 0.2) is 75.5 Å². The summed E-state index contributed by atoms with van der Waals surface area (Å²) in [6.07, 6.45) is 0.745. The number of carbonyl (C=O) groups excluding carboxylic acids is 2. The summed E-state index contributed by atoms with van der Waals surface area (Å²) in [6.45, 7) is 0.443. The van der Waals surface area contributed by atoms with Crippen molar-refractivity contribution in [3.63, 3.8) is 0 Å². The van der Waals surface area contributed by atoms with Crippen molar-refractivity contribution < 1.29 is 33.7 Å². The van der Waals surface area contributed by atoms with Gasteiger partial charge in [0, 0.05) is 36.2 Å². The molecule has 10 heteroatoms. The molecular weight excluding hydrogens is 516 g/mol. The molecule has 0 spiro atoms. The normalized spacial score (nSPS) is 25.1. The summed E-state index contributed by atoms with van der Waals surface area (Å²) in [6, 6.07) is 14.6. The number of para-hydroxylation sites is 2. The van der Waals surface area contributed by atoms with Crippen LogP contribution in [-0.2, 0) is 9.53 Å². The lowest BCUT2D eigenvalue weighted by Crippen LogP contribution is -2.57. The van der Waals surface area contributed by atoms with E-state index < -0.39 is 41.6 Å². The molecule has 1 fully saturated rings. The van der Waals surface area contributed by atoms with Crippen LogP contribution in [0.5, 0.6) is 5.75 Å². The summed E-state index contributed by atoms with van der Waals surface area (Å²) in [5, 5.41) is 24.3. The van der Waals surface area contributed by atoms with Gasteiger partial charge in [0.05, 0.1) is 24.7 Å². The molecule has 0 radical (unpaired) electrons. The molecule has 3 N–H and O–H groups in total. The third-order valence-electron chi connectivity index (χ3n) is 7.79. The van der Waals surface area contributed by atoms with Gasteiger partial charge in [0.15, 0.2) is 0 Å². The number of aliphatic hydroxyl groups is 2. The maximum absolute atomic E-state index is 14.1. The molecule has 3 heterocycles. The number of amides is 2. The van der Waals surface area contributed by atoms with E-state index in [2.05, 4.69) is 5.32 Å². The van der Waals surface area contributed by atoms with E-state index in [0.29, 0.717) is 35.3 Å². The average Bonchev–Trinajstić information content (AvgIpc) is 3.63. The van der Waals surface area contributed by atoms with E-state index in [1.165, 1.54) is 11.0 Å². The Balaban J connectivity index is 1.44. The Morgan fingerprint density at radius 1 is 1.10 bits per heavy atom. The summed E-state index contributed by atoms with van der Waals surface area (Å²) in [4.78, 5) is 41.8. The number of carbonyl (C=O) groups is 2. The minimum absolute atomic E-state index is 0.0416. The van der Waals surface area contributed by atoms with Crippen molar-refractivity contribution in [3.05, 3.63) is 87.8 Å². The molecule has 10 nitrogen and oxygen atoms in total. The van der Waals surface area contributed by atoms with Gasteiger partial charge in [0.25, 0.3) is 5.91 Å². The van der Waals surface area contributed by atoms with Crippen LogP contribution in [0.2, 0.25) is 0 Å². The highest BCUT2D eigenvalue weighted by Gasteiger charge is 2.51. The van der Waals surface area contributed by atoms with Crippen LogP contribution in [0.3, 0.4) is 0 Å². The molecule has 0 saturated carbocycles. The number of fused-ring (bicyclic) bond motifs is 4. The zero-order valence-corrected chi connectivity index (χ0v) is 21.7. The third kappa shape index (κ3) is 4.68. The molecule has 2 aromatic carbocycles. The van der Waals surface area contributed by atoms with Crippen LogP contribution in [0.1, 0.15) is 34.7 Å². The minimum atomic E-state index is -1.22. The van der Waals surface area contributed by atoms with E-state index in [1.807, 2.05) is 18.2 Å². The number of nitrogens with one attached hydrogen (secondary N) is 1. The fourth-order valence-corrected chi connectivity index (χ4v) is 5.90. The first-order chi connectivity index (χ1) is 19.5. The fraction of sp³-hybridized carbons (Fsp3) is 0.367. The van der Waals surface area contributed by atoms with E-state index in [9.17, 15) is 24.6 Å². The van der Waals surface area contributed by atoms with Gasteiger partial charge in [0.2, 0.25) is 5.91 Å². The summed E-state index contributed by atoms with van der Waals surface area (Å²) in [7, 11) is 0. The van der Waals surface area contributed by atoms with Crippen molar-refractivity contribution in [1.29, 1.82) is 0 Å². The fourth-order valence-electron chi connectivity index (χ4n) is 5.90. The summed E-state index contributed by atoms with van der Waals surface area (Å²) in [5.41, 5.74) is 0.451. The van der Waals surface area contributed by atoms with E-state index in [4.69, 9.17) is 13.9 Å². The second kappa shape index (κ2) is 10.9. The van der Waals surface area contributed by atoms with Crippen LogP contribution in [-0.4, -0.2) is 77.6 Å². The van der Waals surface area contributed by atoms with Gasteiger partial charge in [0.1, 0.15) is 29.1 Å². The highest BCUT2D eigenvalue weighted by Crippen LogP contribution is 2.47. The highest BCUT2D eigenvalue weighted by atomic mass is 16.5. The van der Waals surface area contributed by atoms with E-state index in [0.717, 1.165) is 12.0 Å². The molecule has 0 bridgehead atoms. The smallest absolute Gasteiger partial charge is 0.349 e. The van der Waals surface area contributed by atoms with Gasteiger partial charge in [-0.05, 0) is 37.1 Å². The van der Waals surface area contributed by atoms with Crippen molar-refractivity contribution in [2.45, 2.75) is 43.1 Å². The molecule has 6 rings (SSSR count). The second-order valence-corrected chi connectivity index (χ2v) is 10.3. The summed E-state index contributed by atoms with van der Waals surface area (Å²) >= 11 is 0. The third-order valence-corrected chi connectivity index (χ3v) is 7.79. The van der Waals surface area contributed by atoms with Gasteiger partial charge in [-0.3, -0.25) is 9.59 Å². The van der Waals surface area contributed by atoms with Crippen molar-refractivity contribution >= 4 is 22.8 Å². The lowest BCUT2D eigenvalue weighted by atomic mass is 9.77. The molecule has 2 aliphatic heterocycles. The van der Waals surface area contributed by atoms with Gasteiger partial charge in [-0.15, -0.1) is 0 Å². The van der Waals surface area contributed by atoms with Crippen LogP contribution >= 0.6 is 0 Å². The van der Waals surface area contributed by atoms with Gasteiger partial charge in [-0.2, -0.15) is 0 Å². The molecule has 3 aromatic rings. The van der Waals surface area contributed by atoms with Crippen LogP contribution in [0.4, 0.5) is 0 Å². The number of nitrogens with zero attached hydrogens (tertiary/aromatic N) is 1. The maximum Gasteiger partial charge on any atom is 0.349 e. The monoisotopic (exact) mass is 546 g/mol. The first kappa shape index (κ1) is 26.2. The Morgan fingerprint density at radius 2 is 1.90 bits per heavy atom. The van der Waals surface area contributed by atoms with Crippen LogP contribution in [0, 0.1) is 0 Å². The molecule has 1 aliphatic carbocycles. The summed E-state index contributed by atoms with van der Waals surface area (Å²) in [5.74, 6) is -1.10. The zero-order valence-electron chi connectivity index (χ0n) is 21.7. The molecule has 0 unspecified atom stereocenters. The number of ether oxygens (including phenoxy) is 2. The largest absolute Gasteiger partial charge is 0.486 e. The van der Waals surface area contributed by atoms with Crippen LogP contribution in [0.25, 0.3) is 11.0 Å². The first-order valence-corrected chi connectivity index (χ1v) is 13.5. The van der Waals surface area contributed by atoms with Gasteiger partial charge in [-0.1, -0.05) is 36.4 Å².